The lowest BCUT2D eigenvalue weighted by molar-refractivity contribution is 0.654. The quantitative estimate of drug-likeness (QED) is 0.224. The lowest BCUT2D eigenvalue weighted by Gasteiger charge is -2.08. The second kappa shape index (κ2) is 8.88. The molecule has 0 N–H and O–H groups in total. The second-order valence-electron chi connectivity index (χ2n) is 10.6. The minimum atomic E-state index is 0.549. The molecule has 0 bridgehead atoms. The monoisotopic (exact) mass is 538 g/mol. The van der Waals surface area contributed by atoms with E-state index >= 15 is 0 Å². The fourth-order valence-corrected chi connectivity index (χ4v) is 6.11. The van der Waals surface area contributed by atoms with Crippen LogP contribution in [0.3, 0.4) is 0 Å². The minimum absolute atomic E-state index is 0.549. The molecule has 42 heavy (non-hydrogen) atoms. The standard InChI is InChI=1S/C38H22N2O2/c1-2-10-28-24(7-1)19-20-34-35(28)36-38(42-34)40-32(22-39-36)27-9-5-8-26(21-27)23-15-17-25(18-16-23)29-12-6-13-31-30-11-3-4-14-33(30)41-37(29)31/h1-22H. The van der Waals surface area contributed by atoms with Gasteiger partial charge >= 0.3 is 0 Å². The molecule has 0 spiro atoms. The van der Waals surface area contributed by atoms with E-state index < -0.39 is 0 Å². The van der Waals surface area contributed by atoms with Crippen molar-refractivity contribution in [3.8, 4) is 33.5 Å². The molecular weight excluding hydrogens is 516 g/mol. The Bertz CT molecular complexity index is 2470. The number of rotatable bonds is 3. The molecule has 3 aromatic heterocycles. The smallest absolute Gasteiger partial charge is 0.246 e. The third-order valence-corrected chi connectivity index (χ3v) is 8.17. The summed E-state index contributed by atoms with van der Waals surface area (Å²) in [5, 5.41) is 5.56. The van der Waals surface area contributed by atoms with Gasteiger partial charge in [-0.05, 0) is 45.7 Å². The highest BCUT2D eigenvalue weighted by Crippen LogP contribution is 2.37. The van der Waals surface area contributed by atoms with Crippen LogP contribution < -0.4 is 0 Å². The van der Waals surface area contributed by atoms with Crippen LogP contribution in [-0.4, -0.2) is 9.97 Å². The first-order valence-electron chi connectivity index (χ1n) is 14.0. The van der Waals surface area contributed by atoms with Crippen LogP contribution in [-0.2, 0) is 0 Å². The zero-order valence-electron chi connectivity index (χ0n) is 22.4. The van der Waals surface area contributed by atoms with Crippen LogP contribution in [0.25, 0.3) is 88.4 Å². The van der Waals surface area contributed by atoms with Gasteiger partial charge in [-0.1, -0.05) is 109 Å². The molecule has 0 aliphatic carbocycles. The molecule has 6 aromatic carbocycles. The highest BCUT2D eigenvalue weighted by molar-refractivity contribution is 6.17. The van der Waals surface area contributed by atoms with Crippen LogP contribution in [0.1, 0.15) is 0 Å². The maximum atomic E-state index is 6.27. The summed E-state index contributed by atoms with van der Waals surface area (Å²) in [4.78, 5) is 9.70. The van der Waals surface area contributed by atoms with Gasteiger partial charge in [0.15, 0.2) is 0 Å². The zero-order chi connectivity index (χ0) is 27.6. The van der Waals surface area contributed by atoms with Crippen LogP contribution in [0.4, 0.5) is 0 Å². The van der Waals surface area contributed by atoms with Gasteiger partial charge in [0, 0.05) is 21.9 Å². The van der Waals surface area contributed by atoms with Crippen molar-refractivity contribution in [3.05, 3.63) is 134 Å². The molecule has 4 heteroatoms. The van der Waals surface area contributed by atoms with Gasteiger partial charge in [-0.25, -0.2) is 9.97 Å². The third-order valence-electron chi connectivity index (χ3n) is 8.17. The molecule has 0 fully saturated rings. The van der Waals surface area contributed by atoms with Crippen molar-refractivity contribution in [2.24, 2.45) is 0 Å². The van der Waals surface area contributed by atoms with E-state index in [-0.39, 0.29) is 0 Å². The Labute approximate surface area is 240 Å². The summed E-state index contributed by atoms with van der Waals surface area (Å²) in [6, 6.07) is 44.0. The van der Waals surface area contributed by atoms with Gasteiger partial charge in [0.25, 0.3) is 0 Å². The van der Waals surface area contributed by atoms with Crippen LogP contribution in [0.2, 0.25) is 0 Å². The highest BCUT2D eigenvalue weighted by atomic mass is 16.3. The summed E-state index contributed by atoms with van der Waals surface area (Å²) in [7, 11) is 0. The van der Waals surface area contributed by atoms with Crippen molar-refractivity contribution in [1.29, 1.82) is 0 Å². The Morgan fingerprint density at radius 3 is 2.19 bits per heavy atom. The minimum Gasteiger partial charge on any atom is -0.455 e. The maximum Gasteiger partial charge on any atom is 0.246 e. The topological polar surface area (TPSA) is 52.1 Å². The first-order valence-corrected chi connectivity index (χ1v) is 14.0. The van der Waals surface area contributed by atoms with Gasteiger partial charge in [-0.2, -0.15) is 0 Å². The average molecular weight is 539 g/mol. The summed E-state index contributed by atoms with van der Waals surface area (Å²) in [5.74, 6) is 0. The summed E-state index contributed by atoms with van der Waals surface area (Å²) in [6.07, 6.45) is 1.84. The van der Waals surface area contributed by atoms with Crippen LogP contribution in [0.15, 0.2) is 142 Å². The van der Waals surface area contributed by atoms with Crippen molar-refractivity contribution in [3.63, 3.8) is 0 Å². The number of hydrogen-bond acceptors (Lipinski definition) is 4. The highest BCUT2D eigenvalue weighted by Gasteiger charge is 2.15. The van der Waals surface area contributed by atoms with Gasteiger partial charge in [0.05, 0.1) is 17.3 Å². The molecule has 0 atom stereocenters. The van der Waals surface area contributed by atoms with Crippen LogP contribution >= 0.6 is 0 Å². The molecule has 3 heterocycles. The van der Waals surface area contributed by atoms with E-state index in [9.17, 15) is 0 Å². The van der Waals surface area contributed by atoms with E-state index in [1.54, 1.807) is 0 Å². The van der Waals surface area contributed by atoms with Crippen molar-refractivity contribution in [2.75, 3.05) is 0 Å². The molecule has 0 saturated heterocycles. The van der Waals surface area contributed by atoms with Crippen molar-refractivity contribution in [1.82, 2.24) is 9.97 Å². The van der Waals surface area contributed by atoms with E-state index in [1.165, 1.54) is 0 Å². The van der Waals surface area contributed by atoms with Gasteiger partial charge < -0.3 is 8.83 Å². The second-order valence-corrected chi connectivity index (χ2v) is 10.6. The van der Waals surface area contributed by atoms with E-state index in [0.29, 0.717) is 5.71 Å². The predicted molar refractivity (Wildman–Crippen MR) is 170 cm³/mol. The molecule has 0 aliphatic rings. The Morgan fingerprint density at radius 2 is 1.26 bits per heavy atom. The molecule has 9 rings (SSSR count). The first kappa shape index (κ1) is 23.0. The summed E-state index contributed by atoms with van der Waals surface area (Å²) in [6.45, 7) is 0. The first-order chi connectivity index (χ1) is 20.8. The largest absolute Gasteiger partial charge is 0.455 e. The Kier molecular flexibility index (Phi) is 4.87. The summed E-state index contributed by atoms with van der Waals surface area (Å²) >= 11 is 0. The molecule has 4 nitrogen and oxygen atoms in total. The molecule has 0 radical (unpaired) electrons. The fraction of sp³-hybridized carbons (Fsp3) is 0. The molecule has 9 aromatic rings. The van der Waals surface area contributed by atoms with E-state index in [0.717, 1.165) is 82.7 Å². The SMILES string of the molecule is c1cc(-c2ccc(-c3cccc4c3oc3ccccc34)cc2)cc(-c2cnc3c(n2)oc2ccc4ccccc4c23)c1. The lowest BCUT2D eigenvalue weighted by atomic mass is 9.97. The number of hydrogen-bond donors (Lipinski definition) is 0. The number of aromatic nitrogens is 2. The molecular formula is C38H22N2O2. The van der Waals surface area contributed by atoms with Crippen molar-refractivity contribution >= 4 is 54.9 Å². The lowest BCUT2D eigenvalue weighted by Crippen LogP contribution is -1.88. The molecule has 0 aliphatic heterocycles. The number of para-hydroxylation sites is 2. The molecule has 0 saturated carbocycles. The van der Waals surface area contributed by atoms with Gasteiger partial charge in [-0.15, -0.1) is 0 Å². The van der Waals surface area contributed by atoms with Gasteiger partial charge in [-0.3, -0.25) is 0 Å². The molecule has 0 unspecified atom stereocenters. The third kappa shape index (κ3) is 3.49. The van der Waals surface area contributed by atoms with Gasteiger partial charge in [0.2, 0.25) is 5.71 Å². The van der Waals surface area contributed by atoms with Crippen LogP contribution in [0, 0.1) is 0 Å². The Balaban J connectivity index is 1.09. The summed E-state index contributed by atoms with van der Waals surface area (Å²) in [5.41, 5.74) is 10.2. The van der Waals surface area contributed by atoms with Crippen LogP contribution in [0.5, 0.6) is 0 Å². The van der Waals surface area contributed by atoms with E-state index in [2.05, 4.69) is 97.1 Å². The van der Waals surface area contributed by atoms with Gasteiger partial charge in [0.1, 0.15) is 22.3 Å². The number of nitrogens with zero attached hydrogens (tertiary/aromatic N) is 2. The van der Waals surface area contributed by atoms with E-state index in [4.69, 9.17) is 18.8 Å². The average Bonchev–Trinajstić information content (AvgIpc) is 3.63. The number of benzene rings is 6. The summed E-state index contributed by atoms with van der Waals surface area (Å²) < 4.78 is 12.4. The number of furan rings is 2. The number of fused-ring (bicyclic) bond motifs is 8. The maximum absolute atomic E-state index is 6.27. The molecule has 0 amide bonds. The zero-order valence-corrected chi connectivity index (χ0v) is 22.4. The van der Waals surface area contributed by atoms with Crippen molar-refractivity contribution < 1.29 is 8.83 Å². The van der Waals surface area contributed by atoms with Crippen molar-refractivity contribution in [2.45, 2.75) is 0 Å². The predicted octanol–water partition coefficient (Wildman–Crippen LogP) is 10.4. The normalized spacial score (nSPS) is 11.8. The fourth-order valence-electron chi connectivity index (χ4n) is 6.11. The van der Waals surface area contributed by atoms with E-state index in [1.807, 2.05) is 36.5 Å². The Morgan fingerprint density at radius 1 is 0.500 bits per heavy atom. The Hall–Kier alpha value is -5.74. The molecule has 196 valence electrons.